The van der Waals surface area contributed by atoms with Crippen molar-refractivity contribution in [2.75, 3.05) is 13.2 Å². The van der Waals surface area contributed by atoms with Crippen LogP contribution >= 0.6 is 0 Å². The fraction of sp³-hybridized carbons (Fsp3) is 0.733. The predicted molar refractivity (Wildman–Crippen MR) is 74.2 cm³/mol. The molecule has 2 atom stereocenters. The first kappa shape index (κ1) is 14.9. The van der Waals surface area contributed by atoms with E-state index in [0.717, 1.165) is 18.4 Å². The molecule has 5 nitrogen and oxygen atoms in total. The topological polar surface area (TPSA) is 55.8 Å². The van der Waals surface area contributed by atoms with Gasteiger partial charge in [-0.05, 0) is 40.5 Å². The summed E-state index contributed by atoms with van der Waals surface area (Å²) in [6.45, 7) is 8.43. The second-order valence-corrected chi connectivity index (χ2v) is 6.39. The zero-order valence-corrected chi connectivity index (χ0v) is 12.6. The number of fused-ring (bicyclic) bond motifs is 2. The molecule has 0 aromatic heterocycles. The second kappa shape index (κ2) is 5.46. The van der Waals surface area contributed by atoms with E-state index in [1.165, 1.54) is 0 Å². The van der Waals surface area contributed by atoms with Gasteiger partial charge in [0, 0.05) is 24.6 Å². The summed E-state index contributed by atoms with van der Waals surface area (Å²) in [5, 5.41) is 0. The van der Waals surface area contributed by atoms with Gasteiger partial charge in [0.1, 0.15) is 5.60 Å². The minimum atomic E-state index is -0.470. The van der Waals surface area contributed by atoms with Crippen LogP contribution in [-0.2, 0) is 14.3 Å². The van der Waals surface area contributed by atoms with E-state index < -0.39 is 5.60 Å². The second-order valence-electron chi connectivity index (χ2n) is 6.39. The Morgan fingerprint density at radius 3 is 2.60 bits per heavy atom. The summed E-state index contributed by atoms with van der Waals surface area (Å²) < 4.78 is 10.3. The third kappa shape index (κ3) is 3.32. The highest BCUT2D eigenvalue weighted by molar-refractivity contribution is 5.83. The number of esters is 1. The molecule has 1 heterocycles. The van der Waals surface area contributed by atoms with E-state index in [1.54, 1.807) is 17.9 Å². The van der Waals surface area contributed by atoms with Crippen molar-refractivity contribution >= 4 is 12.1 Å². The Morgan fingerprint density at radius 2 is 2.10 bits per heavy atom. The van der Waals surface area contributed by atoms with Gasteiger partial charge in [-0.1, -0.05) is 5.57 Å². The quantitative estimate of drug-likeness (QED) is 0.576. The van der Waals surface area contributed by atoms with Gasteiger partial charge in [-0.3, -0.25) is 0 Å². The SMILES string of the molecule is CCOC(=O)C=C1CC2CC1CN2C(=O)OC(C)(C)C. The summed E-state index contributed by atoms with van der Waals surface area (Å²) >= 11 is 0. The van der Waals surface area contributed by atoms with Gasteiger partial charge in [0.15, 0.2) is 0 Å². The monoisotopic (exact) mass is 281 g/mol. The van der Waals surface area contributed by atoms with E-state index in [2.05, 4.69) is 0 Å². The van der Waals surface area contributed by atoms with Crippen LogP contribution in [0.2, 0.25) is 0 Å². The van der Waals surface area contributed by atoms with E-state index in [9.17, 15) is 9.59 Å². The third-order valence-electron chi connectivity index (χ3n) is 3.63. The van der Waals surface area contributed by atoms with Crippen LogP contribution in [0.5, 0.6) is 0 Å². The summed E-state index contributed by atoms with van der Waals surface area (Å²) in [6.07, 6.45) is 3.02. The lowest BCUT2D eigenvalue weighted by atomic mass is 10.0. The molecule has 112 valence electrons. The largest absolute Gasteiger partial charge is 0.463 e. The predicted octanol–water partition coefficient (Wildman–Crippen LogP) is 2.51. The number of carbonyl (C=O) groups is 2. The highest BCUT2D eigenvalue weighted by Gasteiger charge is 2.44. The Bertz CT molecular complexity index is 436. The average molecular weight is 281 g/mol. The van der Waals surface area contributed by atoms with Gasteiger partial charge in [-0.15, -0.1) is 0 Å². The van der Waals surface area contributed by atoms with Gasteiger partial charge >= 0.3 is 12.1 Å². The van der Waals surface area contributed by atoms with E-state index >= 15 is 0 Å². The van der Waals surface area contributed by atoms with Crippen molar-refractivity contribution < 1.29 is 19.1 Å². The lowest BCUT2D eigenvalue weighted by Gasteiger charge is -2.30. The Kier molecular flexibility index (Phi) is 4.06. The molecule has 0 aromatic rings. The molecule has 2 aliphatic rings. The number of rotatable bonds is 2. The van der Waals surface area contributed by atoms with Gasteiger partial charge in [0.05, 0.1) is 6.61 Å². The Labute approximate surface area is 119 Å². The number of ether oxygens (including phenoxy) is 2. The minimum absolute atomic E-state index is 0.163. The number of amides is 1. The maximum Gasteiger partial charge on any atom is 0.410 e. The number of piperidine rings is 1. The number of nitrogens with zero attached hydrogens (tertiary/aromatic N) is 1. The van der Waals surface area contributed by atoms with Crippen molar-refractivity contribution in [3.05, 3.63) is 11.6 Å². The van der Waals surface area contributed by atoms with Gasteiger partial charge in [-0.25, -0.2) is 9.59 Å². The zero-order chi connectivity index (χ0) is 14.9. The van der Waals surface area contributed by atoms with Gasteiger partial charge in [-0.2, -0.15) is 0 Å². The molecule has 0 radical (unpaired) electrons. The average Bonchev–Trinajstić information content (AvgIpc) is 2.85. The summed E-state index contributed by atoms with van der Waals surface area (Å²) in [7, 11) is 0. The fourth-order valence-corrected chi connectivity index (χ4v) is 2.87. The number of hydrogen-bond acceptors (Lipinski definition) is 4. The smallest absolute Gasteiger partial charge is 0.410 e. The van der Waals surface area contributed by atoms with Gasteiger partial charge < -0.3 is 14.4 Å². The van der Waals surface area contributed by atoms with Crippen molar-refractivity contribution in [3.63, 3.8) is 0 Å². The number of carbonyl (C=O) groups excluding carboxylic acids is 2. The van der Waals surface area contributed by atoms with Crippen LogP contribution in [0.3, 0.4) is 0 Å². The molecule has 1 amide bonds. The molecule has 2 unspecified atom stereocenters. The molecule has 2 bridgehead atoms. The fourth-order valence-electron chi connectivity index (χ4n) is 2.87. The van der Waals surface area contributed by atoms with E-state index in [0.29, 0.717) is 13.2 Å². The molecule has 2 rings (SSSR count). The van der Waals surface area contributed by atoms with E-state index in [4.69, 9.17) is 9.47 Å². The first-order valence-corrected chi connectivity index (χ1v) is 7.17. The van der Waals surface area contributed by atoms with Crippen LogP contribution in [0.25, 0.3) is 0 Å². The minimum Gasteiger partial charge on any atom is -0.463 e. The summed E-state index contributed by atoms with van der Waals surface area (Å²) in [4.78, 5) is 25.3. The maximum atomic E-state index is 12.1. The van der Waals surface area contributed by atoms with E-state index in [1.807, 2.05) is 20.8 Å². The van der Waals surface area contributed by atoms with Crippen molar-refractivity contribution in [2.24, 2.45) is 5.92 Å². The van der Waals surface area contributed by atoms with Crippen molar-refractivity contribution in [3.8, 4) is 0 Å². The Hall–Kier alpha value is -1.52. The molecule has 1 aliphatic heterocycles. The highest BCUT2D eigenvalue weighted by Crippen LogP contribution is 2.42. The lowest BCUT2D eigenvalue weighted by Crippen LogP contribution is -2.41. The van der Waals surface area contributed by atoms with Crippen LogP contribution in [-0.4, -0.2) is 41.8 Å². The van der Waals surface area contributed by atoms with E-state index in [-0.39, 0.29) is 24.0 Å². The first-order chi connectivity index (χ1) is 9.30. The molecule has 0 aromatic carbocycles. The molecular weight excluding hydrogens is 258 g/mol. The Balaban J connectivity index is 1.95. The van der Waals surface area contributed by atoms with Crippen LogP contribution in [0, 0.1) is 5.92 Å². The van der Waals surface area contributed by atoms with Crippen LogP contribution < -0.4 is 0 Å². The van der Waals surface area contributed by atoms with Crippen LogP contribution in [0.15, 0.2) is 11.6 Å². The van der Waals surface area contributed by atoms with Crippen molar-refractivity contribution in [1.29, 1.82) is 0 Å². The molecule has 20 heavy (non-hydrogen) atoms. The lowest BCUT2D eigenvalue weighted by molar-refractivity contribution is -0.137. The Morgan fingerprint density at radius 1 is 1.40 bits per heavy atom. The first-order valence-electron chi connectivity index (χ1n) is 7.17. The summed E-state index contributed by atoms with van der Waals surface area (Å²) in [6, 6.07) is 0.163. The standard InChI is InChI=1S/C15H23NO4/c1-5-19-13(17)8-10-6-12-7-11(10)9-16(12)14(18)20-15(2,3)4/h8,11-12H,5-7,9H2,1-4H3. The molecule has 1 saturated carbocycles. The molecule has 2 fully saturated rings. The number of likely N-dealkylation sites (tertiary alicyclic amines) is 1. The van der Waals surface area contributed by atoms with Crippen molar-refractivity contribution in [1.82, 2.24) is 4.90 Å². The molecule has 0 N–H and O–H groups in total. The van der Waals surface area contributed by atoms with Crippen molar-refractivity contribution in [2.45, 2.75) is 52.2 Å². The maximum absolute atomic E-state index is 12.1. The highest BCUT2D eigenvalue weighted by atomic mass is 16.6. The third-order valence-corrected chi connectivity index (χ3v) is 3.63. The van der Waals surface area contributed by atoms with Gasteiger partial charge in [0.2, 0.25) is 0 Å². The summed E-state index contributed by atoms with van der Waals surface area (Å²) in [5.74, 6) is -0.00390. The van der Waals surface area contributed by atoms with Gasteiger partial charge in [0.25, 0.3) is 0 Å². The molecule has 0 spiro atoms. The normalized spacial score (nSPS) is 27.0. The van der Waals surface area contributed by atoms with Crippen LogP contribution in [0.1, 0.15) is 40.5 Å². The zero-order valence-electron chi connectivity index (χ0n) is 12.6. The molecular formula is C15H23NO4. The molecule has 1 aliphatic carbocycles. The number of hydrogen-bond donors (Lipinski definition) is 0. The molecule has 1 saturated heterocycles. The van der Waals surface area contributed by atoms with Crippen LogP contribution in [0.4, 0.5) is 4.79 Å². The summed E-state index contributed by atoms with van der Waals surface area (Å²) in [5.41, 5.74) is 0.635. The molecule has 5 heteroatoms.